The molecule has 31 heavy (non-hydrogen) atoms. The molecule has 1 aromatic heterocycles. The molecule has 0 aliphatic heterocycles. The second kappa shape index (κ2) is 8.93. The largest absolute Gasteiger partial charge is 0.805 e. The van der Waals surface area contributed by atoms with E-state index in [1.807, 2.05) is 0 Å². The fourth-order valence-electron chi connectivity index (χ4n) is 2.88. The van der Waals surface area contributed by atoms with Crippen molar-refractivity contribution in [1.29, 1.82) is 0 Å². The minimum atomic E-state index is -0.970. The molecule has 0 aliphatic carbocycles. The monoisotopic (exact) mass is 482 g/mol. The van der Waals surface area contributed by atoms with Crippen LogP contribution in [0.1, 0.15) is 22.6 Å². The predicted octanol–water partition coefficient (Wildman–Crippen LogP) is 4.21. The number of amides is 1. The molecule has 0 bridgehead atoms. The first-order chi connectivity index (χ1) is 14.6. The number of anilines is 1. The molecule has 2 aromatic carbocycles. The molecule has 0 aliphatic rings. The number of hydrogen-bond acceptors (Lipinski definition) is 6. The van der Waals surface area contributed by atoms with Gasteiger partial charge in [-0.15, -0.1) is 0 Å². The van der Waals surface area contributed by atoms with E-state index in [2.05, 4.69) is 10.5 Å². The van der Waals surface area contributed by atoms with Gasteiger partial charge in [-0.25, -0.2) is 0 Å². The third-order valence-corrected chi connectivity index (χ3v) is 5.44. The number of ketones is 1. The van der Waals surface area contributed by atoms with Gasteiger partial charge in [-0.1, -0.05) is 52.1 Å². The molecule has 0 radical (unpaired) electrons. The highest BCUT2D eigenvalue weighted by atomic mass is 35.5. The Bertz CT molecular complexity index is 1320. The van der Waals surface area contributed by atoms with Crippen LogP contribution in [0.2, 0.25) is 15.1 Å². The first kappa shape index (κ1) is 22.5. The number of halogens is 3. The van der Waals surface area contributed by atoms with Crippen LogP contribution < -0.4 is 9.74 Å². The van der Waals surface area contributed by atoms with Crippen molar-refractivity contribution in [2.24, 2.45) is 5.16 Å². The Morgan fingerprint density at radius 1 is 1.16 bits per heavy atom. The minimum Gasteiger partial charge on any atom is -0.805 e. The molecular formula is C19H13Cl3N4O5. The van der Waals surface area contributed by atoms with Crippen molar-refractivity contribution in [3.63, 3.8) is 0 Å². The number of hydrogen-bond donors (Lipinski definition) is 2. The van der Waals surface area contributed by atoms with Crippen LogP contribution in [0.25, 0.3) is 11.0 Å². The summed E-state index contributed by atoms with van der Waals surface area (Å²) in [6.45, 7) is 1.30. The second-order valence-electron chi connectivity index (χ2n) is 6.36. The van der Waals surface area contributed by atoms with Crippen molar-refractivity contribution < 1.29 is 19.2 Å². The number of aromatic nitrogens is 2. The molecule has 0 atom stereocenters. The van der Waals surface area contributed by atoms with Crippen LogP contribution in [0, 0.1) is 17.0 Å². The summed E-state index contributed by atoms with van der Waals surface area (Å²) in [6, 6.07) is 8.51. The molecule has 0 saturated heterocycles. The van der Waals surface area contributed by atoms with E-state index in [-0.39, 0.29) is 37.5 Å². The van der Waals surface area contributed by atoms with Crippen molar-refractivity contribution in [1.82, 2.24) is 4.73 Å². The molecule has 3 rings (SSSR count). The molecule has 3 aromatic rings. The first-order valence-electron chi connectivity index (χ1n) is 8.60. The van der Waals surface area contributed by atoms with Gasteiger partial charge in [0.15, 0.2) is 5.71 Å². The van der Waals surface area contributed by atoms with Crippen LogP contribution in [0.3, 0.4) is 0 Å². The summed E-state index contributed by atoms with van der Waals surface area (Å²) >= 11 is 17.7. The van der Waals surface area contributed by atoms with E-state index in [1.54, 1.807) is 6.07 Å². The lowest BCUT2D eigenvalue weighted by atomic mass is 10.1. The number of fused-ring (bicyclic) bond motifs is 1. The standard InChI is InChI=1S/C19H13Cl3N4O5/c1-9-18(26(31)16-5-3-2-4-15(16)25(9)30)17(27)8-14(24-29)19(28)23-13-7-11(21)10(20)6-12(13)22/h2-7,29H,8H2,1H3,(H,23,28)/b24-14+. The highest BCUT2D eigenvalue weighted by Crippen LogP contribution is 2.32. The molecule has 1 amide bonds. The van der Waals surface area contributed by atoms with Crippen molar-refractivity contribution >= 4 is 68.9 Å². The first-order valence-corrected chi connectivity index (χ1v) is 9.73. The molecule has 0 saturated carbocycles. The minimum absolute atomic E-state index is 0.0269. The molecular weight excluding hydrogens is 471 g/mol. The van der Waals surface area contributed by atoms with Gasteiger partial charge in [0.05, 0.1) is 37.3 Å². The Kier molecular flexibility index (Phi) is 6.49. The highest BCUT2D eigenvalue weighted by molar-refractivity contribution is 6.48. The van der Waals surface area contributed by atoms with E-state index in [4.69, 9.17) is 34.8 Å². The fraction of sp³-hybridized carbons (Fsp3) is 0.105. The summed E-state index contributed by atoms with van der Waals surface area (Å²) in [5, 5.41) is 27.2. The summed E-state index contributed by atoms with van der Waals surface area (Å²) in [5.41, 5.74) is -1.14. The van der Waals surface area contributed by atoms with Gasteiger partial charge in [0.2, 0.25) is 5.78 Å². The van der Waals surface area contributed by atoms with Crippen molar-refractivity contribution in [3.05, 3.63) is 73.0 Å². The van der Waals surface area contributed by atoms with E-state index < -0.39 is 29.5 Å². The average molecular weight is 484 g/mol. The highest BCUT2D eigenvalue weighted by Gasteiger charge is 2.30. The lowest BCUT2D eigenvalue weighted by molar-refractivity contribution is -0.468. The number of benzene rings is 2. The van der Waals surface area contributed by atoms with Crippen LogP contribution in [-0.4, -0.2) is 27.3 Å². The van der Waals surface area contributed by atoms with Gasteiger partial charge >= 0.3 is 5.69 Å². The van der Waals surface area contributed by atoms with Crippen LogP contribution in [0.15, 0.2) is 41.6 Å². The Hall–Kier alpha value is -3.14. The van der Waals surface area contributed by atoms with Crippen LogP contribution in [0.5, 0.6) is 0 Å². The van der Waals surface area contributed by atoms with E-state index in [0.717, 1.165) is 0 Å². The third-order valence-electron chi connectivity index (χ3n) is 4.40. The van der Waals surface area contributed by atoms with Gasteiger partial charge in [-0.05, 0) is 25.1 Å². The number of para-hydroxylation sites is 2. The zero-order chi connectivity index (χ0) is 22.9. The predicted molar refractivity (Wildman–Crippen MR) is 117 cm³/mol. The van der Waals surface area contributed by atoms with E-state index in [9.17, 15) is 24.9 Å². The van der Waals surface area contributed by atoms with Gasteiger partial charge < -0.3 is 20.5 Å². The molecule has 2 N–H and O–H groups in total. The van der Waals surface area contributed by atoms with Gasteiger partial charge in [0.1, 0.15) is 5.52 Å². The van der Waals surface area contributed by atoms with Gasteiger partial charge in [0.25, 0.3) is 11.4 Å². The number of Topliss-reactive ketones (excluding diaryl/α,β-unsaturated/α-hetero) is 1. The molecule has 160 valence electrons. The molecule has 1 heterocycles. The van der Waals surface area contributed by atoms with Gasteiger partial charge in [-0.3, -0.25) is 9.59 Å². The fourth-order valence-corrected chi connectivity index (χ4v) is 3.47. The van der Waals surface area contributed by atoms with E-state index in [0.29, 0.717) is 9.16 Å². The Morgan fingerprint density at radius 3 is 2.48 bits per heavy atom. The number of rotatable bonds is 5. The Morgan fingerprint density at radius 2 is 1.81 bits per heavy atom. The number of carbonyl (C=O) groups is 2. The maximum absolute atomic E-state index is 12.8. The van der Waals surface area contributed by atoms with Crippen molar-refractivity contribution in [2.75, 3.05) is 5.32 Å². The Balaban J connectivity index is 1.91. The summed E-state index contributed by atoms with van der Waals surface area (Å²) in [5.74, 6) is -1.87. The van der Waals surface area contributed by atoms with E-state index in [1.165, 1.54) is 37.3 Å². The number of oxime groups is 1. The molecule has 9 nitrogen and oxygen atoms in total. The molecule has 0 fully saturated rings. The molecule has 12 heteroatoms. The number of carbonyl (C=O) groups excluding carboxylic acids is 2. The van der Waals surface area contributed by atoms with Crippen molar-refractivity contribution in [3.8, 4) is 0 Å². The molecule has 0 spiro atoms. The smallest absolute Gasteiger partial charge is 0.325 e. The second-order valence-corrected chi connectivity index (χ2v) is 7.58. The van der Waals surface area contributed by atoms with Crippen LogP contribution >= 0.6 is 34.8 Å². The van der Waals surface area contributed by atoms with E-state index >= 15 is 0 Å². The average Bonchev–Trinajstić information content (AvgIpc) is 2.74. The third kappa shape index (κ3) is 4.34. The lowest BCUT2D eigenvalue weighted by Gasteiger charge is -2.16. The van der Waals surface area contributed by atoms with Crippen LogP contribution in [0.4, 0.5) is 5.69 Å². The number of nitrogens with one attached hydrogen (secondary N) is 1. The topological polar surface area (TPSA) is 130 Å². The molecule has 0 unspecified atom stereocenters. The maximum Gasteiger partial charge on any atom is 0.325 e. The summed E-state index contributed by atoms with van der Waals surface area (Å²) < 4.78 is 0.756. The Labute approximate surface area is 189 Å². The lowest BCUT2D eigenvalue weighted by Crippen LogP contribution is -2.33. The summed E-state index contributed by atoms with van der Waals surface area (Å²) in [7, 11) is 0. The zero-order valence-electron chi connectivity index (χ0n) is 15.7. The summed E-state index contributed by atoms with van der Waals surface area (Å²) in [6.07, 6.45) is -0.761. The van der Waals surface area contributed by atoms with Gasteiger partial charge in [-0.2, -0.15) is 0 Å². The quantitative estimate of drug-likeness (QED) is 0.140. The maximum atomic E-state index is 12.8. The summed E-state index contributed by atoms with van der Waals surface area (Å²) in [4.78, 5) is 37.9. The SMILES string of the molecule is Cc1c(C(=O)C/C(=N\O)C(=O)Nc2cc(Cl)c(Cl)cc2Cl)[n+](=O)c2ccccc2n1[O-]. The van der Waals surface area contributed by atoms with Gasteiger partial charge in [0, 0.05) is 11.0 Å². The normalized spacial score (nSPS) is 11.5. The zero-order valence-corrected chi connectivity index (χ0v) is 18.0. The van der Waals surface area contributed by atoms with Crippen molar-refractivity contribution in [2.45, 2.75) is 13.3 Å². The number of nitrogens with zero attached hydrogens (tertiary/aromatic N) is 3. The van der Waals surface area contributed by atoms with Crippen LogP contribution in [-0.2, 0) is 4.79 Å².